The number of allylic oxidation sites excluding steroid dienone is 4. The zero-order chi connectivity index (χ0) is 43.0. The Morgan fingerprint density at radius 3 is 0.983 bits per heavy atom. The first-order valence-corrected chi connectivity index (χ1v) is 26.6. The van der Waals surface area contributed by atoms with E-state index in [1.54, 1.807) is 0 Å². The Bertz CT molecular complexity index is 874. The number of hydrogen-bond donors (Lipinski definition) is 4. The number of hydrogen-bond acceptors (Lipinski definition) is 4. The molecule has 0 aromatic carbocycles. The molecule has 350 valence electrons. The maximum absolute atomic E-state index is 12.5. The molecule has 0 radical (unpaired) electrons. The topological polar surface area (TPSA) is 89.8 Å². The largest absolute Gasteiger partial charge is 0.394 e. The van der Waals surface area contributed by atoms with E-state index in [2.05, 4.69) is 43.5 Å². The number of carbonyl (C=O) groups excluding carboxylic acids is 1. The summed E-state index contributed by atoms with van der Waals surface area (Å²) in [5.41, 5.74) is 0. The van der Waals surface area contributed by atoms with Gasteiger partial charge in [-0.1, -0.05) is 244 Å². The summed E-state index contributed by atoms with van der Waals surface area (Å²) in [4.78, 5) is 12.5. The predicted molar refractivity (Wildman–Crippen MR) is 259 cm³/mol. The molecule has 5 heteroatoms. The van der Waals surface area contributed by atoms with E-state index in [-0.39, 0.29) is 12.5 Å². The second-order valence-corrected chi connectivity index (χ2v) is 18.4. The number of amides is 1. The maximum Gasteiger partial charge on any atom is 0.220 e. The lowest BCUT2D eigenvalue weighted by Gasteiger charge is -2.26. The van der Waals surface area contributed by atoms with Gasteiger partial charge < -0.3 is 20.6 Å². The first-order chi connectivity index (χ1) is 29.1. The van der Waals surface area contributed by atoms with E-state index in [0.29, 0.717) is 12.8 Å². The normalized spacial score (nSPS) is 13.5. The van der Waals surface area contributed by atoms with Crippen LogP contribution in [0.4, 0.5) is 0 Å². The molecule has 1 amide bonds. The van der Waals surface area contributed by atoms with Gasteiger partial charge in [0.25, 0.3) is 0 Å². The minimum atomic E-state index is -1.16. The van der Waals surface area contributed by atoms with E-state index in [1.807, 2.05) is 0 Å². The van der Waals surface area contributed by atoms with Crippen LogP contribution in [0.5, 0.6) is 0 Å². The van der Waals surface area contributed by atoms with Crippen LogP contribution in [0.3, 0.4) is 0 Å². The summed E-state index contributed by atoms with van der Waals surface area (Å²) < 4.78 is 0. The molecule has 0 saturated carbocycles. The minimum Gasteiger partial charge on any atom is -0.394 e. The van der Waals surface area contributed by atoms with E-state index >= 15 is 0 Å². The highest BCUT2D eigenvalue weighted by Gasteiger charge is 2.26. The molecular weight excluding hydrogens is 727 g/mol. The molecular formula is C54H105NO4. The van der Waals surface area contributed by atoms with E-state index in [9.17, 15) is 20.1 Å². The molecule has 0 fully saturated rings. The molecule has 0 heterocycles. The Labute approximate surface area is 369 Å². The number of rotatable bonds is 49. The van der Waals surface area contributed by atoms with Gasteiger partial charge in [0.2, 0.25) is 5.91 Å². The van der Waals surface area contributed by atoms with Crippen molar-refractivity contribution in [3.8, 4) is 0 Å². The van der Waals surface area contributed by atoms with Crippen molar-refractivity contribution in [3.05, 3.63) is 24.3 Å². The molecule has 0 rings (SSSR count). The third-order valence-corrected chi connectivity index (χ3v) is 12.5. The van der Waals surface area contributed by atoms with E-state index < -0.39 is 18.2 Å². The maximum atomic E-state index is 12.5. The number of nitrogens with one attached hydrogen (secondary N) is 1. The summed E-state index contributed by atoms with van der Waals surface area (Å²) in [7, 11) is 0. The Hall–Kier alpha value is -1.17. The number of aliphatic hydroxyl groups is 3. The highest BCUT2D eigenvalue weighted by molar-refractivity contribution is 5.76. The lowest BCUT2D eigenvalue weighted by molar-refractivity contribution is -0.124. The fourth-order valence-corrected chi connectivity index (χ4v) is 8.40. The Balaban J connectivity index is 3.49. The number of carbonyl (C=O) groups is 1. The van der Waals surface area contributed by atoms with Crippen LogP contribution >= 0.6 is 0 Å². The predicted octanol–water partition coefficient (Wildman–Crippen LogP) is 16.1. The van der Waals surface area contributed by atoms with Gasteiger partial charge in [0, 0.05) is 6.42 Å². The van der Waals surface area contributed by atoms with Crippen LogP contribution in [0, 0.1) is 0 Å². The average molecular weight is 832 g/mol. The molecule has 0 aliphatic carbocycles. The number of aliphatic hydroxyl groups excluding tert-OH is 3. The van der Waals surface area contributed by atoms with Gasteiger partial charge in [-0.05, 0) is 64.2 Å². The van der Waals surface area contributed by atoms with Crippen molar-refractivity contribution in [1.82, 2.24) is 5.32 Å². The second kappa shape index (κ2) is 49.5. The highest BCUT2D eigenvalue weighted by atomic mass is 16.3. The lowest BCUT2D eigenvalue weighted by atomic mass is 10.0. The molecule has 4 N–H and O–H groups in total. The molecule has 3 unspecified atom stereocenters. The third-order valence-electron chi connectivity index (χ3n) is 12.5. The van der Waals surface area contributed by atoms with Crippen LogP contribution in [0.15, 0.2) is 24.3 Å². The van der Waals surface area contributed by atoms with Gasteiger partial charge in [-0.3, -0.25) is 4.79 Å². The summed E-state index contributed by atoms with van der Waals surface area (Å²) in [5.74, 6) is -0.151. The van der Waals surface area contributed by atoms with Gasteiger partial charge >= 0.3 is 0 Å². The summed E-state index contributed by atoms with van der Waals surface area (Å²) in [6, 6.07) is -0.823. The average Bonchev–Trinajstić information content (AvgIpc) is 3.24. The molecule has 0 bridgehead atoms. The van der Waals surface area contributed by atoms with E-state index in [4.69, 9.17) is 0 Å². The van der Waals surface area contributed by atoms with Gasteiger partial charge in [0.1, 0.15) is 6.10 Å². The molecule has 59 heavy (non-hydrogen) atoms. The van der Waals surface area contributed by atoms with E-state index in [1.165, 1.54) is 225 Å². The van der Waals surface area contributed by atoms with Crippen LogP contribution in [-0.4, -0.2) is 46.1 Å². The fraction of sp³-hybridized carbons (Fsp3) is 0.907. The Morgan fingerprint density at radius 1 is 0.407 bits per heavy atom. The van der Waals surface area contributed by atoms with Gasteiger partial charge in [-0.2, -0.15) is 0 Å². The molecule has 0 aromatic rings. The zero-order valence-corrected chi connectivity index (χ0v) is 39.9. The van der Waals surface area contributed by atoms with Crippen molar-refractivity contribution in [1.29, 1.82) is 0 Å². The van der Waals surface area contributed by atoms with Gasteiger partial charge in [-0.25, -0.2) is 0 Å². The van der Waals surface area contributed by atoms with Crippen molar-refractivity contribution in [2.45, 2.75) is 308 Å². The van der Waals surface area contributed by atoms with Crippen molar-refractivity contribution >= 4 is 5.91 Å². The SMILES string of the molecule is CCCCCCCCCC/C=C/CCCC(O)C(O)C(CO)NC(=O)CCCCCCCCCCCCCCCCCC/C=C\CCCCCCCCCCCCCC. The summed E-state index contributed by atoms with van der Waals surface area (Å²) in [6.07, 6.45) is 61.9. The molecule has 0 aromatic heterocycles. The Morgan fingerprint density at radius 2 is 0.678 bits per heavy atom. The summed E-state index contributed by atoms with van der Waals surface area (Å²) >= 11 is 0. The quantitative estimate of drug-likeness (QED) is 0.0363. The molecule has 5 nitrogen and oxygen atoms in total. The van der Waals surface area contributed by atoms with Crippen LogP contribution in [0.25, 0.3) is 0 Å². The molecule has 0 aliphatic heterocycles. The Kier molecular flexibility index (Phi) is 48.5. The second-order valence-electron chi connectivity index (χ2n) is 18.4. The molecule has 0 saturated heterocycles. The first-order valence-electron chi connectivity index (χ1n) is 26.6. The molecule has 0 aliphatic rings. The smallest absolute Gasteiger partial charge is 0.220 e. The first kappa shape index (κ1) is 57.8. The van der Waals surface area contributed by atoms with E-state index in [0.717, 1.165) is 38.5 Å². The minimum absolute atomic E-state index is 0.151. The summed E-state index contributed by atoms with van der Waals surface area (Å²) in [5, 5.41) is 33.6. The number of unbranched alkanes of at least 4 members (excludes halogenated alkanes) is 37. The van der Waals surface area contributed by atoms with Crippen molar-refractivity contribution < 1.29 is 20.1 Å². The van der Waals surface area contributed by atoms with Gasteiger partial charge in [-0.15, -0.1) is 0 Å². The molecule has 3 atom stereocenters. The van der Waals surface area contributed by atoms with Crippen molar-refractivity contribution in [3.63, 3.8) is 0 Å². The monoisotopic (exact) mass is 832 g/mol. The lowest BCUT2D eigenvalue weighted by Crippen LogP contribution is -2.50. The van der Waals surface area contributed by atoms with Crippen molar-refractivity contribution in [2.24, 2.45) is 0 Å². The van der Waals surface area contributed by atoms with Crippen LogP contribution in [0.2, 0.25) is 0 Å². The standard InChI is InChI=1S/C54H105NO4/c1-3-5-7-9-11-13-15-17-18-19-20-21-22-23-24-25-26-27-28-29-30-31-32-33-34-35-37-39-41-43-45-47-49-53(58)55-51(50-56)54(59)52(57)48-46-44-42-40-38-36-16-14-12-10-8-6-4-2/h23-24,40,42,51-52,54,56-57,59H,3-22,25-39,41,43-50H2,1-2H3,(H,55,58)/b24-23-,42-40+. The van der Waals surface area contributed by atoms with Crippen LogP contribution < -0.4 is 5.32 Å². The van der Waals surface area contributed by atoms with Crippen LogP contribution in [0.1, 0.15) is 290 Å². The van der Waals surface area contributed by atoms with Gasteiger partial charge in [0.15, 0.2) is 0 Å². The zero-order valence-electron chi connectivity index (χ0n) is 39.9. The van der Waals surface area contributed by atoms with Crippen LogP contribution in [-0.2, 0) is 4.79 Å². The highest BCUT2D eigenvalue weighted by Crippen LogP contribution is 2.17. The fourth-order valence-electron chi connectivity index (χ4n) is 8.40. The third kappa shape index (κ3) is 44.7. The van der Waals surface area contributed by atoms with Gasteiger partial charge in [0.05, 0.1) is 18.8 Å². The molecule has 0 spiro atoms. The van der Waals surface area contributed by atoms with Crippen molar-refractivity contribution in [2.75, 3.05) is 6.61 Å². The summed E-state index contributed by atoms with van der Waals surface area (Å²) in [6.45, 7) is 4.18.